The Morgan fingerprint density at radius 1 is 1.33 bits per heavy atom. The molecule has 0 fully saturated rings. The SMILES string of the molecule is C[C@@H]1Cc2c(ccc3[nH]ncc23)[C@@](C)(c2c(F)cc(/C=C/C(=O)O)cc2F)N1CC(C)(C)F. The van der Waals surface area contributed by atoms with Crippen molar-refractivity contribution in [1.29, 1.82) is 0 Å². The number of aromatic amines is 1. The molecule has 5 nitrogen and oxygen atoms in total. The molecule has 0 bridgehead atoms. The Hall–Kier alpha value is -3.13. The molecule has 2 atom stereocenters. The minimum Gasteiger partial charge on any atom is -0.478 e. The molecule has 33 heavy (non-hydrogen) atoms. The first-order valence-corrected chi connectivity index (χ1v) is 10.7. The van der Waals surface area contributed by atoms with Gasteiger partial charge in [0.25, 0.3) is 0 Å². The highest BCUT2D eigenvalue weighted by molar-refractivity contribution is 5.85. The van der Waals surface area contributed by atoms with Crippen LogP contribution in [0.2, 0.25) is 0 Å². The zero-order valence-corrected chi connectivity index (χ0v) is 18.9. The molecule has 2 heterocycles. The quantitative estimate of drug-likeness (QED) is 0.517. The second-order valence-corrected chi connectivity index (χ2v) is 9.43. The second kappa shape index (κ2) is 8.02. The van der Waals surface area contributed by atoms with Gasteiger partial charge < -0.3 is 5.11 Å². The van der Waals surface area contributed by atoms with Gasteiger partial charge in [-0.3, -0.25) is 10.00 Å². The van der Waals surface area contributed by atoms with Crippen molar-refractivity contribution < 1.29 is 23.1 Å². The summed E-state index contributed by atoms with van der Waals surface area (Å²) in [5, 5.41) is 16.7. The molecule has 0 amide bonds. The maximum Gasteiger partial charge on any atom is 0.328 e. The Morgan fingerprint density at radius 3 is 2.61 bits per heavy atom. The topological polar surface area (TPSA) is 69.2 Å². The molecule has 4 rings (SSSR count). The van der Waals surface area contributed by atoms with E-state index in [0.717, 1.165) is 40.8 Å². The van der Waals surface area contributed by atoms with Gasteiger partial charge in [-0.05, 0) is 75.1 Å². The number of fused-ring (bicyclic) bond motifs is 3. The zero-order valence-electron chi connectivity index (χ0n) is 18.9. The first kappa shape index (κ1) is 23.0. The first-order valence-electron chi connectivity index (χ1n) is 10.7. The Kier molecular flexibility index (Phi) is 5.60. The number of nitrogens with one attached hydrogen (secondary N) is 1. The van der Waals surface area contributed by atoms with E-state index in [1.165, 1.54) is 13.8 Å². The van der Waals surface area contributed by atoms with Crippen LogP contribution in [-0.2, 0) is 16.8 Å². The molecule has 174 valence electrons. The molecule has 2 N–H and O–H groups in total. The van der Waals surface area contributed by atoms with Crippen molar-refractivity contribution in [3.63, 3.8) is 0 Å². The lowest BCUT2D eigenvalue weighted by molar-refractivity contribution is -0.131. The molecule has 1 aliphatic rings. The van der Waals surface area contributed by atoms with E-state index in [1.54, 1.807) is 13.1 Å². The van der Waals surface area contributed by atoms with Crippen molar-refractivity contribution in [2.75, 3.05) is 6.54 Å². The summed E-state index contributed by atoms with van der Waals surface area (Å²) in [6.45, 7) is 6.50. The minimum atomic E-state index is -1.61. The molecule has 0 spiro atoms. The van der Waals surface area contributed by atoms with E-state index in [0.29, 0.717) is 12.0 Å². The zero-order chi connectivity index (χ0) is 24.1. The van der Waals surface area contributed by atoms with E-state index < -0.39 is 28.8 Å². The summed E-state index contributed by atoms with van der Waals surface area (Å²) in [6.07, 6.45) is 4.22. The predicted molar refractivity (Wildman–Crippen MR) is 121 cm³/mol. The van der Waals surface area contributed by atoms with E-state index in [2.05, 4.69) is 10.2 Å². The smallest absolute Gasteiger partial charge is 0.328 e. The number of carbonyl (C=O) groups is 1. The van der Waals surface area contributed by atoms with Crippen LogP contribution in [0.4, 0.5) is 13.2 Å². The first-order chi connectivity index (χ1) is 15.4. The number of benzene rings is 2. The van der Waals surface area contributed by atoms with Crippen LogP contribution in [0, 0.1) is 11.6 Å². The van der Waals surface area contributed by atoms with Crippen LogP contribution in [0.25, 0.3) is 17.0 Å². The largest absolute Gasteiger partial charge is 0.478 e. The second-order valence-electron chi connectivity index (χ2n) is 9.43. The van der Waals surface area contributed by atoms with Gasteiger partial charge in [0.15, 0.2) is 0 Å². The molecule has 0 saturated heterocycles. The monoisotopic (exact) mass is 457 g/mol. The van der Waals surface area contributed by atoms with Crippen molar-refractivity contribution in [1.82, 2.24) is 15.1 Å². The van der Waals surface area contributed by atoms with Gasteiger partial charge in [-0.15, -0.1) is 0 Å². The number of halogens is 3. The van der Waals surface area contributed by atoms with E-state index in [-0.39, 0.29) is 23.7 Å². The van der Waals surface area contributed by atoms with Crippen LogP contribution in [0.15, 0.2) is 36.5 Å². The number of hydrogen-bond donors (Lipinski definition) is 2. The molecule has 3 aromatic rings. The Morgan fingerprint density at radius 2 is 2.00 bits per heavy atom. The van der Waals surface area contributed by atoms with Crippen molar-refractivity contribution in [3.8, 4) is 0 Å². The Bertz CT molecular complexity index is 1240. The van der Waals surface area contributed by atoms with Crippen molar-refractivity contribution in [2.24, 2.45) is 0 Å². The third-order valence-corrected chi connectivity index (χ3v) is 6.38. The lowest BCUT2D eigenvalue weighted by atomic mass is 9.73. The van der Waals surface area contributed by atoms with Crippen molar-refractivity contribution in [3.05, 3.63) is 70.4 Å². The number of aliphatic carboxylic acids is 1. The van der Waals surface area contributed by atoms with Gasteiger partial charge in [0.1, 0.15) is 17.3 Å². The maximum atomic E-state index is 15.6. The summed E-state index contributed by atoms with van der Waals surface area (Å²) in [5.74, 6) is -2.87. The Balaban J connectivity index is 1.99. The van der Waals surface area contributed by atoms with Crippen LogP contribution in [0.5, 0.6) is 0 Å². The lowest BCUT2D eigenvalue weighted by Crippen LogP contribution is -2.57. The van der Waals surface area contributed by atoms with E-state index >= 15 is 8.78 Å². The third-order valence-electron chi connectivity index (χ3n) is 6.38. The summed E-state index contributed by atoms with van der Waals surface area (Å²) >= 11 is 0. The lowest BCUT2D eigenvalue weighted by Gasteiger charge is -2.51. The number of rotatable bonds is 5. The van der Waals surface area contributed by atoms with Crippen LogP contribution >= 0.6 is 0 Å². The molecular formula is C25H26F3N3O2. The fraction of sp³-hybridized carbons (Fsp3) is 0.360. The van der Waals surface area contributed by atoms with Gasteiger partial charge in [-0.25, -0.2) is 18.0 Å². The fourth-order valence-electron chi connectivity index (χ4n) is 5.07. The summed E-state index contributed by atoms with van der Waals surface area (Å²) < 4.78 is 46.1. The standard InChI is InChI=1S/C25H26F3N3O2/c1-14-9-16-17-12-29-30-21(17)7-6-18(16)25(4,31(14)13-24(2,3)28)23-19(26)10-15(11-20(23)27)5-8-22(32)33/h5-8,10-12,14H,9,13H2,1-4H3,(H,29,30)(H,32,33)/b8-5+/t14-,25+/m1/s1. The molecular weight excluding hydrogens is 431 g/mol. The van der Waals surface area contributed by atoms with E-state index in [1.807, 2.05) is 24.0 Å². The molecule has 0 unspecified atom stereocenters. The van der Waals surface area contributed by atoms with Gasteiger partial charge in [0, 0.05) is 29.6 Å². The number of aromatic nitrogens is 2. The van der Waals surface area contributed by atoms with E-state index in [4.69, 9.17) is 5.11 Å². The fourth-order valence-corrected chi connectivity index (χ4v) is 5.07. The third kappa shape index (κ3) is 4.04. The van der Waals surface area contributed by atoms with Gasteiger partial charge in [-0.1, -0.05) is 6.07 Å². The molecule has 1 aromatic heterocycles. The number of nitrogens with zero attached hydrogens (tertiary/aromatic N) is 2. The minimum absolute atomic E-state index is 0.0346. The maximum absolute atomic E-state index is 15.6. The van der Waals surface area contributed by atoms with Gasteiger partial charge in [0.05, 0.1) is 17.3 Å². The highest BCUT2D eigenvalue weighted by atomic mass is 19.1. The number of alkyl halides is 1. The normalized spacial score (nSPS) is 21.6. The summed E-state index contributed by atoms with van der Waals surface area (Å²) in [6, 6.07) is 5.63. The molecule has 0 radical (unpaired) electrons. The summed E-state index contributed by atoms with van der Waals surface area (Å²) in [7, 11) is 0. The highest BCUT2D eigenvalue weighted by Gasteiger charge is 2.48. The molecule has 0 aliphatic carbocycles. The molecule has 8 heteroatoms. The summed E-state index contributed by atoms with van der Waals surface area (Å²) in [4.78, 5) is 12.6. The summed E-state index contributed by atoms with van der Waals surface area (Å²) in [5.41, 5.74) is -0.614. The van der Waals surface area contributed by atoms with Crippen LogP contribution < -0.4 is 0 Å². The highest BCUT2D eigenvalue weighted by Crippen LogP contribution is 2.47. The van der Waals surface area contributed by atoms with Crippen LogP contribution in [-0.4, -0.2) is 44.4 Å². The average Bonchev–Trinajstić information content (AvgIpc) is 3.18. The molecule has 0 saturated carbocycles. The Labute approximate surface area is 189 Å². The number of carboxylic acids is 1. The molecule has 2 aromatic carbocycles. The average molecular weight is 457 g/mol. The van der Waals surface area contributed by atoms with Gasteiger partial charge in [-0.2, -0.15) is 5.10 Å². The number of carboxylic acid groups (broad SMARTS) is 1. The van der Waals surface area contributed by atoms with Crippen molar-refractivity contribution >= 4 is 22.9 Å². The van der Waals surface area contributed by atoms with Crippen LogP contribution in [0.1, 0.15) is 49.9 Å². The van der Waals surface area contributed by atoms with Gasteiger partial charge in [0.2, 0.25) is 0 Å². The van der Waals surface area contributed by atoms with Crippen LogP contribution in [0.3, 0.4) is 0 Å². The number of H-pyrrole nitrogens is 1. The molecule has 1 aliphatic heterocycles. The van der Waals surface area contributed by atoms with E-state index in [9.17, 15) is 9.18 Å². The predicted octanol–water partition coefficient (Wildman–Crippen LogP) is 5.20. The van der Waals surface area contributed by atoms with Crippen molar-refractivity contribution in [2.45, 2.75) is 51.4 Å². The number of hydrogen-bond acceptors (Lipinski definition) is 3. The van der Waals surface area contributed by atoms with Gasteiger partial charge >= 0.3 is 5.97 Å².